The van der Waals surface area contributed by atoms with Crippen LogP contribution in [0, 0.1) is 0 Å². The SMILES string of the molecule is COC(=O)N(C)C1SC2COCCN2N=C1c1ccccc1. The van der Waals surface area contributed by atoms with Crippen molar-refractivity contribution in [1.29, 1.82) is 0 Å². The van der Waals surface area contributed by atoms with Crippen molar-refractivity contribution in [3.05, 3.63) is 35.9 Å². The molecule has 22 heavy (non-hydrogen) atoms. The van der Waals surface area contributed by atoms with Crippen molar-refractivity contribution in [2.24, 2.45) is 5.10 Å². The summed E-state index contributed by atoms with van der Waals surface area (Å²) in [6, 6.07) is 9.94. The molecule has 0 aliphatic carbocycles. The second-order valence-corrected chi connectivity index (χ2v) is 6.38. The number of carbonyl (C=O) groups is 1. The Hall–Kier alpha value is -1.73. The van der Waals surface area contributed by atoms with Gasteiger partial charge in [0.2, 0.25) is 0 Å². The molecule has 7 heteroatoms. The van der Waals surface area contributed by atoms with Crippen LogP contribution >= 0.6 is 11.8 Å². The zero-order chi connectivity index (χ0) is 15.5. The predicted octanol–water partition coefficient (Wildman–Crippen LogP) is 1.82. The molecule has 2 aliphatic rings. The summed E-state index contributed by atoms with van der Waals surface area (Å²) in [5, 5.41) is 6.77. The number of ether oxygens (including phenoxy) is 2. The number of thioether (sulfide) groups is 1. The Bertz CT molecular complexity index is 566. The average Bonchev–Trinajstić information content (AvgIpc) is 2.60. The van der Waals surface area contributed by atoms with Gasteiger partial charge in [-0.25, -0.2) is 4.79 Å². The van der Waals surface area contributed by atoms with E-state index in [1.54, 1.807) is 23.7 Å². The van der Waals surface area contributed by atoms with Crippen LogP contribution in [0.1, 0.15) is 5.56 Å². The van der Waals surface area contributed by atoms with Crippen molar-refractivity contribution in [3.63, 3.8) is 0 Å². The second kappa shape index (κ2) is 6.58. The molecule has 0 spiro atoms. The van der Waals surface area contributed by atoms with Crippen LogP contribution in [-0.2, 0) is 9.47 Å². The number of amides is 1. The van der Waals surface area contributed by atoms with E-state index in [1.165, 1.54) is 7.11 Å². The van der Waals surface area contributed by atoms with E-state index in [1.807, 2.05) is 30.3 Å². The molecule has 0 N–H and O–H groups in total. The molecule has 3 rings (SSSR count). The summed E-state index contributed by atoms with van der Waals surface area (Å²) in [6.45, 7) is 2.06. The Labute approximate surface area is 134 Å². The van der Waals surface area contributed by atoms with Gasteiger partial charge in [0, 0.05) is 12.6 Å². The predicted molar refractivity (Wildman–Crippen MR) is 85.8 cm³/mol. The fourth-order valence-corrected chi connectivity index (χ4v) is 3.87. The topological polar surface area (TPSA) is 54.4 Å². The Morgan fingerprint density at radius 1 is 1.45 bits per heavy atom. The van der Waals surface area contributed by atoms with E-state index in [2.05, 4.69) is 5.01 Å². The fraction of sp³-hybridized carbons (Fsp3) is 0.467. The number of hydrazone groups is 1. The zero-order valence-electron chi connectivity index (χ0n) is 12.6. The van der Waals surface area contributed by atoms with E-state index >= 15 is 0 Å². The number of nitrogens with zero attached hydrogens (tertiary/aromatic N) is 3. The highest BCUT2D eigenvalue weighted by atomic mass is 32.2. The molecule has 2 heterocycles. The molecule has 0 aromatic heterocycles. The Morgan fingerprint density at radius 2 is 2.23 bits per heavy atom. The molecular formula is C15H19N3O3S. The van der Waals surface area contributed by atoms with Gasteiger partial charge in [0.25, 0.3) is 0 Å². The molecule has 0 saturated carbocycles. The molecule has 1 amide bonds. The van der Waals surface area contributed by atoms with Crippen LogP contribution in [0.25, 0.3) is 0 Å². The molecule has 6 nitrogen and oxygen atoms in total. The van der Waals surface area contributed by atoms with Gasteiger partial charge in [-0.05, 0) is 0 Å². The van der Waals surface area contributed by atoms with Crippen molar-refractivity contribution in [2.75, 3.05) is 33.9 Å². The number of fused-ring (bicyclic) bond motifs is 1. The van der Waals surface area contributed by atoms with Gasteiger partial charge < -0.3 is 9.47 Å². The van der Waals surface area contributed by atoms with E-state index in [0.29, 0.717) is 13.2 Å². The number of benzene rings is 1. The molecule has 2 atom stereocenters. The van der Waals surface area contributed by atoms with Gasteiger partial charge in [0.1, 0.15) is 16.5 Å². The number of hydrogen-bond donors (Lipinski definition) is 0. The van der Waals surface area contributed by atoms with E-state index in [0.717, 1.165) is 17.8 Å². The van der Waals surface area contributed by atoms with Gasteiger partial charge >= 0.3 is 6.09 Å². The summed E-state index contributed by atoms with van der Waals surface area (Å²) in [5.74, 6) is 0. The summed E-state index contributed by atoms with van der Waals surface area (Å²) in [7, 11) is 3.13. The minimum atomic E-state index is -0.369. The summed E-state index contributed by atoms with van der Waals surface area (Å²) in [6.07, 6.45) is -0.369. The van der Waals surface area contributed by atoms with Gasteiger partial charge in [-0.3, -0.25) is 9.91 Å². The molecule has 1 saturated heterocycles. The maximum atomic E-state index is 11.9. The van der Waals surface area contributed by atoms with Crippen LogP contribution in [0.5, 0.6) is 0 Å². The molecule has 1 aromatic carbocycles. The highest BCUT2D eigenvalue weighted by Gasteiger charge is 2.37. The van der Waals surface area contributed by atoms with E-state index in [-0.39, 0.29) is 16.8 Å². The van der Waals surface area contributed by atoms with E-state index in [9.17, 15) is 4.79 Å². The van der Waals surface area contributed by atoms with Gasteiger partial charge in [0.15, 0.2) is 0 Å². The number of morpholine rings is 1. The van der Waals surface area contributed by atoms with Crippen molar-refractivity contribution in [2.45, 2.75) is 10.7 Å². The molecule has 0 radical (unpaired) electrons. The van der Waals surface area contributed by atoms with Crippen molar-refractivity contribution in [1.82, 2.24) is 9.91 Å². The quantitative estimate of drug-likeness (QED) is 0.832. The van der Waals surface area contributed by atoms with Crippen LogP contribution in [-0.4, -0.2) is 66.4 Å². The molecule has 1 aromatic rings. The normalized spacial score (nSPS) is 24.3. The second-order valence-electron chi connectivity index (χ2n) is 5.11. The maximum absolute atomic E-state index is 11.9. The third kappa shape index (κ3) is 2.91. The molecule has 1 fully saturated rings. The maximum Gasteiger partial charge on any atom is 0.410 e. The molecule has 2 aliphatic heterocycles. The lowest BCUT2D eigenvalue weighted by Gasteiger charge is -2.42. The van der Waals surface area contributed by atoms with Crippen LogP contribution in [0.15, 0.2) is 35.4 Å². The van der Waals surface area contributed by atoms with Gasteiger partial charge in [0.05, 0.1) is 26.9 Å². The zero-order valence-corrected chi connectivity index (χ0v) is 13.5. The minimum absolute atomic E-state index is 0.123. The average molecular weight is 321 g/mol. The molecular weight excluding hydrogens is 302 g/mol. The molecule has 118 valence electrons. The first kappa shape index (κ1) is 15.2. The Kier molecular flexibility index (Phi) is 4.54. The first-order valence-corrected chi connectivity index (χ1v) is 8.09. The highest BCUT2D eigenvalue weighted by molar-refractivity contribution is 8.01. The minimum Gasteiger partial charge on any atom is -0.453 e. The third-order valence-corrected chi connectivity index (χ3v) is 5.19. The third-order valence-electron chi connectivity index (χ3n) is 3.70. The monoisotopic (exact) mass is 321 g/mol. The number of carbonyl (C=O) groups excluding carboxylic acids is 1. The summed E-state index contributed by atoms with van der Waals surface area (Å²) in [5.41, 5.74) is 1.89. The van der Waals surface area contributed by atoms with E-state index < -0.39 is 0 Å². The summed E-state index contributed by atoms with van der Waals surface area (Å²) < 4.78 is 10.4. The standard InChI is InChI=1S/C15H19N3O3S/c1-17(15(19)20-2)14-13(11-6-4-3-5-7-11)16-18-8-9-21-10-12(18)22-14/h3-7,12,14H,8-10H2,1-2H3. The summed E-state index contributed by atoms with van der Waals surface area (Å²) in [4.78, 5) is 13.5. The van der Waals surface area contributed by atoms with Crippen molar-refractivity contribution >= 4 is 23.6 Å². The Balaban J connectivity index is 1.96. The number of methoxy groups -OCH3 is 1. The first-order valence-electron chi connectivity index (χ1n) is 7.15. The van der Waals surface area contributed by atoms with Crippen LogP contribution in [0.3, 0.4) is 0 Å². The van der Waals surface area contributed by atoms with Crippen molar-refractivity contribution < 1.29 is 14.3 Å². The summed E-state index contributed by atoms with van der Waals surface area (Å²) >= 11 is 1.67. The number of hydrogen-bond acceptors (Lipinski definition) is 6. The van der Waals surface area contributed by atoms with Gasteiger partial charge in [-0.15, -0.1) is 11.8 Å². The number of likely N-dealkylation sites (N-methyl/N-ethyl adjacent to an activating group) is 1. The lowest BCUT2D eigenvalue weighted by atomic mass is 10.1. The van der Waals surface area contributed by atoms with Gasteiger partial charge in [-0.2, -0.15) is 5.10 Å². The first-order chi connectivity index (χ1) is 10.7. The van der Waals surface area contributed by atoms with E-state index in [4.69, 9.17) is 14.6 Å². The van der Waals surface area contributed by atoms with Gasteiger partial charge in [-0.1, -0.05) is 30.3 Å². The van der Waals surface area contributed by atoms with Crippen LogP contribution in [0.2, 0.25) is 0 Å². The Morgan fingerprint density at radius 3 is 2.95 bits per heavy atom. The molecule has 2 unspecified atom stereocenters. The molecule has 0 bridgehead atoms. The van der Waals surface area contributed by atoms with Crippen LogP contribution < -0.4 is 0 Å². The lowest BCUT2D eigenvalue weighted by Crippen LogP contribution is -2.51. The smallest absolute Gasteiger partial charge is 0.410 e. The van der Waals surface area contributed by atoms with Crippen LogP contribution in [0.4, 0.5) is 4.79 Å². The largest absolute Gasteiger partial charge is 0.453 e. The highest BCUT2D eigenvalue weighted by Crippen LogP contribution is 2.33. The number of rotatable bonds is 2. The lowest BCUT2D eigenvalue weighted by molar-refractivity contribution is 0.0241. The van der Waals surface area contributed by atoms with Crippen molar-refractivity contribution in [3.8, 4) is 0 Å². The fourth-order valence-electron chi connectivity index (χ4n) is 2.52.